The van der Waals surface area contributed by atoms with Gasteiger partial charge in [-0.1, -0.05) is 10.3 Å². The van der Waals surface area contributed by atoms with E-state index in [1.165, 1.54) is 0 Å². The lowest BCUT2D eigenvalue weighted by Gasteiger charge is -2.34. The minimum atomic E-state index is -1.37. The van der Waals surface area contributed by atoms with Crippen LogP contribution in [0.2, 0.25) is 0 Å². The third kappa shape index (κ3) is 0.840. The van der Waals surface area contributed by atoms with Crippen molar-refractivity contribution in [3.8, 4) is 0 Å². The van der Waals surface area contributed by atoms with E-state index >= 15 is 0 Å². The molecule has 1 aliphatic heterocycles. The molecule has 2 aliphatic rings. The Labute approximate surface area is 91.1 Å². The summed E-state index contributed by atoms with van der Waals surface area (Å²) in [5.74, 6) is 0. The van der Waals surface area contributed by atoms with Crippen molar-refractivity contribution in [2.24, 2.45) is 0 Å². The molecule has 0 saturated heterocycles. The van der Waals surface area contributed by atoms with Crippen LogP contribution in [0.4, 0.5) is 0 Å². The van der Waals surface area contributed by atoms with Crippen molar-refractivity contribution in [1.29, 1.82) is 0 Å². The Kier molecular flexibility index (Phi) is 1.59. The van der Waals surface area contributed by atoms with Gasteiger partial charge in [-0.25, -0.2) is 4.63 Å². The molecule has 86 valence electrons. The zero-order chi connectivity index (χ0) is 11.6. The molecule has 0 bridgehead atoms. The first-order valence-electron chi connectivity index (χ1n) is 5.18. The summed E-state index contributed by atoms with van der Waals surface area (Å²) in [6.07, 6.45) is 1.24. The van der Waals surface area contributed by atoms with Gasteiger partial charge in [0, 0.05) is 13.3 Å². The first-order valence-corrected chi connectivity index (χ1v) is 5.18. The minimum absolute atomic E-state index is 0.237. The molecule has 0 radical (unpaired) electrons. The number of fused-ring (bicyclic) bond motifs is 3. The molecular formula is C9H13N4O3+. The van der Waals surface area contributed by atoms with Crippen LogP contribution in [0.1, 0.15) is 31.2 Å². The second-order valence-corrected chi connectivity index (χ2v) is 4.66. The number of hydrogen-bond donors (Lipinski definition) is 2. The van der Waals surface area contributed by atoms with E-state index in [-0.39, 0.29) is 6.42 Å². The molecule has 1 aromatic rings. The second-order valence-electron chi connectivity index (χ2n) is 4.66. The van der Waals surface area contributed by atoms with Crippen LogP contribution in [0.5, 0.6) is 0 Å². The fraction of sp³-hybridized carbons (Fsp3) is 0.667. The molecular weight excluding hydrogens is 212 g/mol. The molecule has 0 aromatic carbocycles. The predicted molar refractivity (Wildman–Crippen MR) is 51.1 cm³/mol. The van der Waals surface area contributed by atoms with Crippen molar-refractivity contribution in [3.05, 3.63) is 16.6 Å². The van der Waals surface area contributed by atoms with Crippen molar-refractivity contribution in [3.63, 3.8) is 0 Å². The van der Waals surface area contributed by atoms with E-state index < -0.39 is 11.3 Å². The van der Waals surface area contributed by atoms with Gasteiger partial charge in [-0.2, -0.15) is 4.74 Å². The maximum atomic E-state index is 12.0. The van der Waals surface area contributed by atoms with E-state index in [9.17, 15) is 10.3 Å². The summed E-state index contributed by atoms with van der Waals surface area (Å²) in [4.78, 5) is 0. The van der Waals surface area contributed by atoms with Gasteiger partial charge in [-0.05, 0) is 0 Å². The van der Waals surface area contributed by atoms with Gasteiger partial charge in [-0.3, -0.25) is 5.73 Å². The van der Waals surface area contributed by atoms with Crippen molar-refractivity contribution in [2.45, 2.75) is 37.5 Å². The first-order chi connectivity index (χ1) is 7.49. The summed E-state index contributed by atoms with van der Waals surface area (Å²) in [6, 6.07) is 0. The lowest BCUT2D eigenvalue weighted by molar-refractivity contribution is -0.769. The van der Waals surface area contributed by atoms with Gasteiger partial charge in [0.1, 0.15) is 5.69 Å². The van der Waals surface area contributed by atoms with Crippen LogP contribution in [0, 0.1) is 5.21 Å². The average molecular weight is 225 g/mol. The summed E-state index contributed by atoms with van der Waals surface area (Å²) in [5.41, 5.74) is 3.00. The van der Waals surface area contributed by atoms with Crippen molar-refractivity contribution < 1.29 is 20.2 Å². The van der Waals surface area contributed by atoms with E-state index in [1.807, 2.05) is 0 Å². The molecule has 7 nitrogen and oxygen atoms in total. The summed E-state index contributed by atoms with van der Waals surface area (Å²) < 4.78 is 5.45. The Morgan fingerprint density at radius 2 is 2.31 bits per heavy atom. The van der Waals surface area contributed by atoms with Gasteiger partial charge in [-0.15, -0.1) is 0 Å². The topological polar surface area (TPSA) is 113 Å². The number of hydroxylamine groups is 1. The van der Waals surface area contributed by atoms with Crippen molar-refractivity contribution in [2.75, 3.05) is 0 Å². The largest absolute Gasteiger partial charge is 0.619 e. The number of nitrogens with zero attached hydrogens (tertiary/aromatic N) is 3. The number of aromatic nitrogens is 2. The molecule has 4 N–H and O–H groups in total. The van der Waals surface area contributed by atoms with Gasteiger partial charge in [0.2, 0.25) is 5.60 Å². The molecule has 0 saturated carbocycles. The van der Waals surface area contributed by atoms with Gasteiger partial charge in [0.25, 0.3) is 0 Å². The van der Waals surface area contributed by atoms with Crippen LogP contribution in [0.15, 0.2) is 4.63 Å². The molecule has 16 heavy (non-hydrogen) atoms. The van der Waals surface area contributed by atoms with Crippen LogP contribution in [-0.4, -0.2) is 31.5 Å². The number of aryl methyl sites for hydroxylation is 1. The fourth-order valence-electron chi connectivity index (χ4n) is 2.76. The standard InChI is InChI=1S/C9H12N4O3/c1-5-4-8(14)7-6(11-16-12-7)2-3-9(8,10)13(5)15/h14H,2-4,10H2,1H3/p+1/t8-,9+/m0/s1. The van der Waals surface area contributed by atoms with Gasteiger partial charge < -0.3 is 10.3 Å². The van der Waals surface area contributed by atoms with Gasteiger partial charge in [0.05, 0.1) is 12.8 Å². The highest BCUT2D eigenvalue weighted by molar-refractivity contribution is 5.80. The zero-order valence-electron chi connectivity index (χ0n) is 8.93. The predicted octanol–water partition coefficient (Wildman–Crippen LogP) is -1.48. The van der Waals surface area contributed by atoms with Crippen LogP contribution < -0.4 is 5.73 Å². The molecule has 1 aliphatic carbocycles. The summed E-state index contributed by atoms with van der Waals surface area (Å²) in [6.45, 7) is 1.70. The molecule has 0 fully saturated rings. The molecule has 2 atom stereocenters. The minimum Gasteiger partial charge on any atom is -0.619 e. The van der Waals surface area contributed by atoms with Crippen LogP contribution >= 0.6 is 0 Å². The van der Waals surface area contributed by atoms with Crippen LogP contribution in [-0.2, 0) is 12.0 Å². The maximum Gasteiger partial charge on any atom is 0.329 e. The van der Waals surface area contributed by atoms with Crippen molar-refractivity contribution >= 4 is 5.71 Å². The number of aliphatic hydroxyl groups is 1. The molecule has 0 spiro atoms. The van der Waals surface area contributed by atoms with Crippen LogP contribution in [0.3, 0.4) is 0 Å². The SMILES string of the molecule is CC1=[N+]([O-])[C@]2([NH3+])CCc3nonc3[C@@]2(O)C1. The van der Waals surface area contributed by atoms with E-state index in [2.05, 4.69) is 20.7 Å². The maximum absolute atomic E-state index is 12.0. The Hall–Kier alpha value is -1.47. The Balaban J connectivity index is 2.22. The van der Waals surface area contributed by atoms with E-state index in [1.54, 1.807) is 6.92 Å². The third-order valence-corrected chi connectivity index (χ3v) is 3.74. The normalized spacial score (nSPS) is 37.4. The lowest BCUT2D eigenvalue weighted by atomic mass is 9.76. The lowest BCUT2D eigenvalue weighted by Crippen LogP contribution is -2.84. The van der Waals surface area contributed by atoms with E-state index in [0.29, 0.717) is 29.9 Å². The molecule has 3 rings (SSSR count). The number of rotatable bonds is 0. The Bertz CT molecular complexity index is 497. The smallest absolute Gasteiger partial charge is 0.329 e. The third-order valence-electron chi connectivity index (χ3n) is 3.74. The number of hydrogen-bond acceptors (Lipinski definition) is 5. The van der Waals surface area contributed by atoms with Gasteiger partial charge >= 0.3 is 5.66 Å². The molecule has 2 heterocycles. The quantitative estimate of drug-likeness (QED) is 0.413. The zero-order valence-corrected chi connectivity index (χ0v) is 8.93. The highest BCUT2D eigenvalue weighted by atomic mass is 16.6. The van der Waals surface area contributed by atoms with E-state index in [4.69, 9.17) is 0 Å². The van der Waals surface area contributed by atoms with Crippen molar-refractivity contribution in [1.82, 2.24) is 10.3 Å². The monoisotopic (exact) mass is 225 g/mol. The molecule has 0 amide bonds. The summed E-state index contributed by atoms with van der Waals surface area (Å²) >= 11 is 0. The fourth-order valence-corrected chi connectivity index (χ4v) is 2.76. The highest BCUT2D eigenvalue weighted by Crippen LogP contribution is 2.45. The highest BCUT2D eigenvalue weighted by Gasteiger charge is 2.69. The second kappa shape index (κ2) is 2.61. The molecule has 0 unspecified atom stereocenters. The summed E-state index contributed by atoms with van der Waals surface area (Å²) in [5, 5.41) is 30.1. The van der Waals surface area contributed by atoms with Crippen LogP contribution in [0.25, 0.3) is 0 Å². The Morgan fingerprint density at radius 1 is 1.56 bits per heavy atom. The Morgan fingerprint density at radius 3 is 3.06 bits per heavy atom. The molecule has 7 heteroatoms. The van der Waals surface area contributed by atoms with E-state index in [0.717, 1.165) is 4.74 Å². The van der Waals surface area contributed by atoms with Gasteiger partial charge in [0.15, 0.2) is 11.4 Å². The first kappa shape index (κ1) is 9.73. The number of quaternary nitrogens is 1. The average Bonchev–Trinajstić information content (AvgIpc) is 2.77. The molecule has 1 aromatic heterocycles. The summed E-state index contributed by atoms with van der Waals surface area (Å²) in [7, 11) is 0.